The van der Waals surface area contributed by atoms with E-state index in [9.17, 15) is 18.0 Å². The topological polar surface area (TPSA) is 166 Å². The molecular formula is C50H104N2O12SSi5. The Morgan fingerprint density at radius 3 is 1.17 bits per heavy atom. The molecule has 2 amide bonds. The lowest BCUT2D eigenvalue weighted by Gasteiger charge is -2.55. The van der Waals surface area contributed by atoms with Crippen LogP contribution < -0.4 is 10.6 Å². The molecule has 0 saturated carbocycles. The highest BCUT2D eigenvalue weighted by Crippen LogP contribution is 2.46. The van der Waals surface area contributed by atoms with Gasteiger partial charge in [0.05, 0.1) is 37.6 Å². The first-order valence-electron chi connectivity index (χ1n) is 25.6. The predicted octanol–water partition coefficient (Wildman–Crippen LogP) is 11.0. The fourth-order valence-electron chi connectivity index (χ4n) is 6.97. The summed E-state index contributed by atoms with van der Waals surface area (Å²) in [6, 6.07) is -1.70. The highest BCUT2D eigenvalue weighted by atomic mass is 32.2. The van der Waals surface area contributed by atoms with E-state index in [0.717, 1.165) is 6.26 Å². The van der Waals surface area contributed by atoms with Crippen molar-refractivity contribution in [2.45, 2.75) is 276 Å². The van der Waals surface area contributed by atoms with Crippen LogP contribution in [0.25, 0.3) is 0 Å². The van der Waals surface area contributed by atoms with Gasteiger partial charge >= 0.3 is 0 Å². The van der Waals surface area contributed by atoms with Crippen molar-refractivity contribution < 1.29 is 54.3 Å². The number of carbonyl (C=O) groups excluding carboxylic acids is 2. The molecular weight excluding hydrogens is 993 g/mol. The average molecular weight is 1100 g/mol. The van der Waals surface area contributed by atoms with Crippen LogP contribution >= 0.6 is 0 Å². The molecule has 20 heteroatoms. The van der Waals surface area contributed by atoms with Crippen molar-refractivity contribution in [2.75, 3.05) is 19.5 Å². The number of carbonyl (C=O) groups is 2. The number of rotatable bonds is 19. The second-order valence-corrected chi connectivity index (χ2v) is 53.7. The Morgan fingerprint density at radius 1 is 0.500 bits per heavy atom. The van der Waals surface area contributed by atoms with Crippen molar-refractivity contribution in [3.8, 4) is 0 Å². The number of sulfone groups is 1. The minimum absolute atomic E-state index is 0.105. The molecule has 2 N–H and O–H groups in total. The van der Waals surface area contributed by atoms with Crippen LogP contribution in [0.1, 0.15) is 124 Å². The van der Waals surface area contributed by atoms with Crippen molar-refractivity contribution in [1.82, 2.24) is 10.6 Å². The lowest BCUT2D eigenvalue weighted by atomic mass is 9.90. The fraction of sp³-hybridized carbons (Fsp3) is 0.920. The summed E-state index contributed by atoms with van der Waals surface area (Å²) >= 11 is 0. The van der Waals surface area contributed by atoms with Crippen LogP contribution in [0.2, 0.25) is 90.7 Å². The fourth-order valence-corrected chi connectivity index (χ4v) is 13.4. The van der Waals surface area contributed by atoms with E-state index in [-0.39, 0.29) is 56.6 Å². The Kier molecular flexibility index (Phi) is 21.5. The molecule has 0 aromatic carbocycles. The molecule has 0 aromatic rings. The Balaban J connectivity index is 3.22. The van der Waals surface area contributed by atoms with Gasteiger partial charge in [-0.1, -0.05) is 110 Å². The molecule has 2 aliphatic heterocycles. The van der Waals surface area contributed by atoms with Gasteiger partial charge in [-0.2, -0.15) is 0 Å². The molecule has 0 aliphatic carbocycles. The number of nitrogens with one attached hydrogen (secondary N) is 2. The molecule has 70 heavy (non-hydrogen) atoms. The molecule has 2 rings (SSSR count). The zero-order chi connectivity index (χ0) is 55.0. The second-order valence-electron chi connectivity index (χ2n) is 27.9. The van der Waals surface area contributed by atoms with E-state index in [0.29, 0.717) is 0 Å². The highest BCUT2D eigenvalue weighted by Gasteiger charge is 2.59. The van der Waals surface area contributed by atoms with Crippen LogP contribution in [-0.2, 0) is 55.8 Å². The maximum Gasteiger partial charge on any atom is 0.217 e. The van der Waals surface area contributed by atoms with E-state index in [1.165, 1.54) is 19.3 Å². The average Bonchev–Trinajstić information content (AvgIpc) is 3.11. The van der Waals surface area contributed by atoms with E-state index >= 15 is 0 Å². The summed E-state index contributed by atoms with van der Waals surface area (Å²) in [6.07, 6.45) is -3.81. The first-order valence-corrected chi connectivity index (χ1v) is 42.1. The van der Waals surface area contributed by atoms with Gasteiger partial charge in [0.25, 0.3) is 0 Å². The monoisotopic (exact) mass is 1100 g/mol. The molecule has 2 fully saturated rings. The third-order valence-corrected chi connectivity index (χ3v) is 39.8. The molecule has 0 aromatic heterocycles. The van der Waals surface area contributed by atoms with E-state index < -0.39 is 113 Å². The molecule has 0 spiro atoms. The first kappa shape index (κ1) is 65.5. The molecule has 0 unspecified atom stereocenters. The van der Waals surface area contributed by atoms with Gasteiger partial charge in [-0.15, -0.1) is 0 Å². The summed E-state index contributed by atoms with van der Waals surface area (Å²) in [5.41, 5.74) is 0. The van der Waals surface area contributed by atoms with Crippen LogP contribution in [0.5, 0.6) is 0 Å². The highest BCUT2D eigenvalue weighted by molar-refractivity contribution is 7.93. The zero-order valence-corrected chi connectivity index (χ0v) is 55.2. The third kappa shape index (κ3) is 17.5. The van der Waals surface area contributed by atoms with Crippen LogP contribution in [0.15, 0.2) is 11.5 Å². The Hall–Kier alpha value is -0.606. The Bertz CT molecular complexity index is 1900. The summed E-state index contributed by atoms with van der Waals surface area (Å²) in [6.45, 7) is 58.0. The predicted molar refractivity (Wildman–Crippen MR) is 299 cm³/mol. The van der Waals surface area contributed by atoms with Gasteiger partial charge in [0, 0.05) is 25.5 Å². The summed E-state index contributed by atoms with van der Waals surface area (Å²) in [5, 5.41) is 6.65. The SMILES string of the molecule is CC(=O)N[C@@H]1[C@@H](O[Si](C)(C)C(C)(C)C)[C@H](O[C@@H]2O[C@H](CO[Si](C)(C)C(C)(C)C)[C@@H](O[Si](C)(C)C(C)(C)C)[C@H](O[Si](C)(C)C(C)(C)C)[C@H]2NC(C)=O)[C@@H](CO[Si](C)(C)C(C)(C)C)O[C@H]1C/C=C/S(C)(=O)=O. The van der Waals surface area contributed by atoms with Crippen molar-refractivity contribution in [2.24, 2.45) is 0 Å². The van der Waals surface area contributed by atoms with E-state index in [2.05, 4.69) is 180 Å². The van der Waals surface area contributed by atoms with Crippen LogP contribution in [-0.4, -0.2) is 142 Å². The summed E-state index contributed by atoms with van der Waals surface area (Å²) in [5.74, 6) is -0.612. The molecule has 10 atom stereocenters. The van der Waals surface area contributed by atoms with Gasteiger partial charge in [0.2, 0.25) is 11.8 Å². The lowest BCUT2D eigenvalue weighted by Crippen LogP contribution is -2.72. The first-order chi connectivity index (χ1) is 30.9. The quantitative estimate of drug-likeness (QED) is 0.118. The smallest absolute Gasteiger partial charge is 0.217 e. The molecule has 412 valence electrons. The van der Waals surface area contributed by atoms with Gasteiger partial charge in [0.1, 0.15) is 30.5 Å². The number of amides is 2. The van der Waals surface area contributed by atoms with E-state index in [4.69, 9.17) is 36.3 Å². The third-order valence-electron chi connectivity index (χ3n) is 16.7. The van der Waals surface area contributed by atoms with Gasteiger partial charge in [-0.05, 0) is 97.1 Å². The molecule has 2 heterocycles. The summed E-state index contributed by atoms with van der Waals surface area (Å²) < 4.78 is 83.5. The molecule has 0 radical (unpaired) electrons. The van der Waals surface area contributed by atoms with Crippen molar-refractivity contribution in [3.05, 3.63) is 11.5 Å². The maximum atomic E-state index is 13.7. The normalized spacial score (nSPS) is 27.7. The largest absolute Gasteiger partial charge is 0.414 e. The molecule has 2 saturated heterocycles. The van der Waals surface area contributed by atoms with Crippen LogP contribution in [0.3, 0.4) is 0 Å². The van der Waals surface area contributed by atoms with Crippen molar-refractivity contribution in [1.29, 1.82) is 0 Å². The molecule has 0 bridgehead atoms. The minimum Gasteiger partial charge on any atom is -0.414 e. The van der Waals surface area contributed by atoms with Gasteiger partial charge < -0.3 is 47.0 Å². The second kappa shape index (κ2) is 22.9. The summed E-state index contributed by atoms with van der Waals surface area (Å²) in [7, 11) is -16.3. The number of ether oxygens (including phenoxy) is 3. The zero-order valence-electron chi connectivity index (χ0n) is 49.4. The number of hydrogen-bond donors (Lipinski definition) is 2. The minimum atomic E-state index is -3.48. The molecule has 2 aliphatic rings. The maximum absolute atomic E-state index is 13.7. The van der Waals surface area contributed by atoms with Gasteiger partial charge in [-0.25, -0.2) is 8.42 Å². The van der Waals surface area contributed by atoms with Crippen molar-refractivity contribution >= 4 is 63.2 Å². The van der Waals surface area contributed by atoms with Crippen LogP contribution in [0.4, 0.5) is 0 Å². The molecule has 14 nitrogen and oxygen atoms in total. The summed E-state index contributed by atoms with van der Waals surface area (Å²) in [4.78, 5) is 27.1. The van der Waals surface area contributed by atoms with Gasteiger partial charge in [-0.3, -0.25) is 9.59 Å². The van der Waals surface area contributed by atoms with Crippen LogP contribution in [0, 0.1) is 0 Å². The Morgan fingerprint density at radius 2 is 0.829 bits per heavy atom. The van der Waals surface area contributed by atoms with Crippen molar-refractivity contribution in [3.63, 3.8) is 0 Å². The van der Waals surface area contributed by atoms with E-state index in [1.54, 1.807) is 6.08 Å². The standard InChI is InChI=1S/C50H104N2O12SSi5/c1-34(53)51-39-36(30-29-31-65(18,55)56)59-37(32-57-66(19,20)46(3,4)5)41(43(39)63-69(25,26)49(12,13)14)61-45-40(52-35(2)54)44(64-70(27,28)50(15,16)17)42(62-68(23,24)48(9,10)11)38(60-45)33-58-67(21,22)47(6,7)8/h29,31,36-45H,30,32-33H2,1-28H3,(H,51,53)(H,52,54)/b31-29+/t36-,37+,38+,39-,40+,41+,42+,43+,44+,45-/m0/s1. The number of hydrogen-bond acceptors (Lipinski definition) is 12. The lowest BCUT2D eigenvalue weighted by molar-refractivity contribution is -0.309. The Labute approximate surface area is 432 Å². The van der Waals surface area contributed by atoms with E-state index in [1.807, 2.05) is 0 Å². The van der Waals surface area contributed by atoms with Gasteiger partial charge in [0.15, 0.2) is 57.7 Å².